The SMILES string of the molecule is Cc1cc(C(=O)COc2ccc(Cl)cc2[N+](=O)[O-])c(C)n1C. The molecule has 0 saturated heterocycles. The summed E-state index contributed by atoms with van der Waals surface area (Å²) in [5.41, 5.74) is 2.08. The Morgan fingerprint density at radius 3 is 2.59 bits per heavy atom. The highest BCUT2D eigenvalue weighted by atomic mass is 35.5. The number of Topliss-reactive ketones (excluding diaryl/α,β-unsaturated/α-hetero) is 1. The molecule has 7 heteroatoms. The van der Waals surface area contributed by atoms with Gasteiger partial charge in [-0.3, -0.25) is 14.9 Å². The maximum Gasteiger partial charge on any atom is 0.312 e. The molecule has 0 spiro atoms. The Morgan fingerprint density at radius 2 is 2.05 bits per heavy atom. The first-order valence-electron chi connectivity index (χ1n) is 6.54. The highest BCUT2D eigenvalue weighted by Gasteiger charge is 2.19. The summed E-state index contributed by atoms with van der Waals surface area (Å²) in [5.74, 6) is -0.210. The van der Waals surface area contributed by atoms with Crippen molar-refractivity contribution in [3.05, 3.63) is 56.4 Å². The van der Waals surface area contributed by atoms with Crippen LogP contribution >= 0.6 is 11.6 Å². The third-order valence-electron chi connectivity index (χ3n) is 3.55. The molecule has 0 atom stereocenters. The largest absolute Gasteiger partial charge is 0.478 e. The van der Waals surface area contributed by atoms with Gasteiger partial charge in [0.15, 0.2) is 12.4 Å². The summed E-state index contributed by atoms with van der Waals surface area (Å²) in [7, 11) is 1.87. The van der Waals surface area contributed by atoms with Gasteiger partial charge in [-0.05, 0) is 32.0 Å². The lowest BCUT2D eigenvalue weighted by atomic mass is 10.1. The number of nitrogens with zero attached hydrogens (tertiary/aromatic N) is 2. The Morgan fingerprint density at radius 1 is 1.36 bits per heavy atom. The zero-order valence-corrected chi connectivity index (χ0v) is 13.2. The number of hydrogen-bond donors (Lipinski definition) is 0. The van der Waals surface area contributed by atoms with Crippen molar-refractivity contribution in [3.63, 3.8) is 0 Å². The van der Waals surface area contributed by atoms with Crippen LogP contribution in [0.5, 0.6) is 5.75 Å². The van der Waals surface area contributed by atoms with E-state index < -0.39 is 4.92 Å². The number of aryl methyl sites for hydroxylation is 1. The smallest absolute Gasteiger partial charge is 0.312 e. The number of hydrogen-bond acceptors (Lipinski definition) is 4. The van der Waals surface area contributed by atoms with Gasteiger partial charge in [0.2, 0.25) is 5.78 Å². The molecular weight excluding hydrogens is 308 g/mol. The number of ether oxygens (including phenoxy) is 1. The molecule has 1 heterocycles. The molecule has 0 unspecified atom stereocenters. The minimum atomic E-state index is -0.594. The fraction of sp³-hybridized carbons (Fsp3) is 0.267. The molecule has 0 radical (unpaired) electrons. The normalized spacial score (nSPS) is 10.5. The second kappa shape index (κ2) is 6.19. The van der Waals surface area contributed by atoms with E-state index in [1.54, 1.807) is 6.07 Å². The van der Waals surface area contributed by atoms with Crippen LogP contribution in [-0.2, 0) is 7.05 Å². The highest BCUT2D eigenvalue weighted by molar-refractivity contribution is 6.30. The molecule has 1 aromatic heterocycles. The van der Waals surface area contributed by atoms with Crippen molar-refractivity contribution in [1.82, 2.24) is 4.57 Å². The molecule has 0 fully saturated rings. The maximum absolute atomic E-state index is 12.2. The standard InChI is InChI=1S/C15H15ClN2O4/c1-9-6-12(10(2)17(9)3)14(19)8-22-15-5-4-11(16)7-13(15)18(20)21/h4-7H,8H2,1-3H3. The van der Waals surface area contributed by atoms with Crippen LogP contribution in [0.3, 0.4) is 0 Å². The van der Waals surface area contributed by atoms with Crippen molar-refractivity contribution < 1.29 is 14.5 Å². The number of nitro benzene ring substituents is 1. The second-order valence-corrected chi connectivity index (χ2v) is 5.36. The van der Waals surface area contributed by atoms with E-state index in [2.05, 4.69) is 0 Å². The Bertz CT molecular complexity index is 752. The Balaban J connectivity index is 2.18. The first-order valence-corrected chi connectivity index (χ1v) is 6.92. The molecule has 2 rings (SSSR count). The topological polar surface area (TPSA) is 74.4 Å². The van der Waals surface area contributed by atoms with Crippen LogP contribution in [0.1, 0.15) is 21.7 Å². The fourth-order valence-electron chi connectivity index (χ4n) is 2.11. The van der Waals surface area contributed by atoms with Gasteiger partial charge in [0.1, 0.15) is 0 Å². The third kappa shape index (κ3) is 3.12. The number of benzene rings is 1. The van der Waals surface area contributed by atoms with Crippen molar-refractivity contribution in [2.24, 2.45) is 7.05 Å². The van der Waals surface area contributed by atoms with Crippen molar-refractivity contribution in [2.45, 2.75) is 13.8 Å². The maximum atomic E-state index is 12.2. The summed E-state index contributed by atoms with van der Waals surface area (Å²) in [5, 5.41) is 11.2. The van der Waals surface area contributed by atoms with Crippen molar-refractivity contribution in [2.75, 3.05) is 6.61 Å². The molecule has 0 aliphatic heterocycles. The quantitative estimate of drug-likeness (QED) is 0.480. The summed E-state index contributed by atoms with van der Waals surface area (Å²) >= 11 is 5.73. The summed E-state index contributed by atoms with van der Waals surface area (Å²) in [4.78, 5) is 22.6. The fourth-order valence-corrected chi connectivity index (χ4v) is 2.28. The van der Waals surface area contributed by atoms with Crippen molar-refractivity contribution in [1.29, 1.82) is 0 Å². The Labute approximate surface area is 132 Å². The minimum Gasteiger partial charge on any atom is -0.478 e. The first kappa shape index (κ1) is 16.0. The van der Waals surface area contributed by atoms with E-state index in [9.17, 15) is 14.9 Å². The van der Waals surface area contributed by atoms with E-state index in [-0.39, 0.29) is 28.8 Å². The molecule has 0 aliphatic carbocycles. The van der Waals surface area contributed by atoms with Gasteiger partial charge < -0.3 is 9.30 Å². The molecule has 0 aliphatic rings. The van der Waals surface area contributed by atoms with Crippen LogP contribution in [0.4, 0.5) is 5.69 Å². The van der Waals surface area contributed by atoms with E-state index in [4.69, 9.17) is 16.3 Å². The molecule has 1 aromatic carbocycles. The number of nitro groups is 1. The minimum absolute atomic E-state index is 0.0213. The van der Waals surface area contributed by atoms with Crippen LogP contribution in [0.2, 0.25) is 5.02 Å². The molecule has 0 amide bonds. The van der Waals surface area contributed by atoms with Crippen molar-refractivity contribution >= 4 is 23.1 Å². The lowest BCUT2D eigenvalue weighted by molar-refractivity contribution is -0.385. The van der Waals surface area contributed by atoms with E-state index in [0.29, 0.717) is 5.56 Å². The van der Waals surface area contributed by atoms with Gasteiger partial charge in [0, 0.05) is 35.1 Å². The van der Waals surface area contributed by atoms with Crippen LogP contribution in [-0.4, -0.2) is 21.9 Å². The van der Waals surface area contributed by atoms with Gasteiger partial charge in [-0.25, -0.2) is 0 Å². The number of halogens is 1. The Hall–Kier alpha value is -2.34. The zero-order chi connectivity index (χ0) is 16.4. The first-order chi connectivity index (χ1) is 10.3. The van der Waals surface area contributed by atoms with E-state index in [1.807, 2.05) is 25.5 Å². The molecule has 0 N–H and O–H groups in total. The average Bonchev–Trinajstić information content (AvgIpc) is 2.73. The van der Waals surface area contributed by atoms with E-state index >= 15 is 0 Å². The lowest BCUT2D eigenvalue weighted by Gasteiger charge is -2.07. The Kier molecular flexibility index (Phi) is 4.51. The molecule has 116 valence electrons. The predicted molar refractivity (Wildman–Crippen MR) is 82.8 cm³/mol. The molecule has 0 bridgehead atoms. The zero-order valence-electron chi connectivity index (χ0n) is 12.4. The molecule has 22 heavy (non-hydrogen) atoms. The van der Waals surface area contributed by atoms with E-state index in [1.165, 1.54) is 18.2 Å². The average molecular weight is 323 g/mol. The van der Waals surface area contributed by atoms with Crippen LogP contribution in [0, 0.1) is 24.0 Å². The number of rotatable bonds is 5. The predicted octanol–water partition coefficient (Wildman–Crippen LogP) is 3.47. The van der Waals surface area contributed by atoms with Crippen molar-refractivity contribution in [3.8, 4) is 5.75 Å². The lowest BCUT2D eigenvalue weighted by Crippen LogP contribution is -2.13. The van der Waals surface area contributed by atoms with Crippen LogP contribution in [0.25, 0.3) is 0 Å². The van der Waals surface area contributed by atoms with Crippen LogP contribution in [0.15, 0.2) is 24.3 Å². The number of aromatic nitrogens is 1. The van der Waals surface area contributed by atoms with Gasteiger partial charge in [-0.1, -0.05) is 11.6 Å². The molecule has 0 saturated carbocycles. The van der Waals surface area contributed by atoms with Crippen LogP contribution < -0.4 is 4.74 Å². The van der Waals surface area contributed by atoms with Gasteiger partial charge in [0.05, 0.1) is 4.92 Å². The van der Waals surface area contributed by atoms with Gasteiger partial charge in [-0.15, -0.1) is 0 Å². The summed E-state index contributed by atoms with van der Waals surface area (Å²) in [6.07, 6.45) is 0. The molecule has 2 aromatic rings. The second-order valence-electron chi connectivity index (χ2n) is 4.92. The summed E-state index contributed by atoms with van der Waals surface area (Å²) < 4.78 is 7.22. The summed E-state index contributed by atoms with van der Waals surface area (Å²) in [6, 6.07) is 5.83. The van der Waals surface area contributed by atoms with Gasteiger partial charge >= 0.3 is 5.69 Å². The number of carbonyl (C=O) groups is 1. The van der Waals surface area contributed by atoms with Gasteiger partial charge in [0.25, 0.3) is 0 Å². The molecule has 6 nitrogen and oxygen atoms in total. The number of carbonyl (C=O) groups excluding carboxylic acids is 1. The van der Waals surface area contributed by atoms with Gasteiger partial charge in [-0.2, -0.15) is 0 Å². The number of ketones is 1. The monoisotopic (exact) mass is 322 g/mol. The molecular formula is C15H15ClN2O4. The summed E-state index contributed by atoms with van der Waals surface area (Å²) in [6.45, 7) is 3.46. The van der Waals surface area contributed by atoms with E-state index in [0.717, 1.165) is 11.4 Å². The third-order valence-corrected chi connectivity index (χ3v) is 3.79. The highest BCUT2D eigenvalue weighted by Crippen LogP contribution is 2.30.